The summed E-state index contributed by atoms with van der Waals surface area (Å²) in [6.07, 6.45) is 0. The molecule has 1 unspecified atom stereocenters. The molecule has 5 heteroatoms. The Hall–Kier alpha value is 0.290. The first-order valence-electron chi connectivity index (χ1n) is 3.85. The maximum atomic E-state index is 10.4. The third-order valence-corrected chi connectivity index (χ3v) is 2.19. The summed E-state index contributed by atoms with van der Waals surface area (Å²) in [5.74, 6) is 0.0766. The number of rotatable bonds is 4. The van der Waals surface area contributed by atoms with E-state index in [2.05, 4.69) is 0 Å². The van der Waals surface area contributed by atoms with Gasteiger partial charge >= 0.3 is 29.6 Å². The Kier molecular flexibility index (Phi) is 7.72. The summed E-state index contributed by atoms with van der Waals surface area (Å²) in [5, 5.41) is 0. The van der Waals surface area contributed by atoms with Gasteiger partial charge in [0.1, 0.15) is 0 Å². The first-order chi connectivity index (χ1) is 6.22. The molecule has 14 heavy (non-hydrogen) atoms. The second kappa shape index (κ2) is 7.56. The molecule has 0 saturated heterocycles. The zero-order valence-corrected chi connectivity index (χ0v) is 11.2. The van der Waals surface area contributed by atoms with Crippen LogP contribution in [0.3, 0.4) is 0 Å². The van der Waals surface area contributed by atoms with Crippen LogP contribution in [0, 0.1) is 0 Å². The fraction of sp³-hybridized carbons (Fsp3) is 0.333. The van der Waals surface area contributed by atoms with Crippen LogP contribution in [-0.2, 0) is 28.2 Å². The number of hydrogen-bond acceptors (Lipinski definition) is 3. The Morgan fingerprint density at radius 1 is 1.29 bits per heavy atom. The maximum absolute atomic E-state index is 10.4. The van der Waals surface area contributed by atoms with Crippen molar-refractivity contribution in [1.82, 2.24) is 0 Å². The van der Waals surface area contributed by atoms with Crippen LogP contribution in [0.25, 0.3) is 0 Å². The average molecular weight is 222 g/mol. The van der Waals surface area contributed by atoms with Crippen LogP contribution in [0.15, 0.2) is 24.3 Å². The van der Waals surface area contributed by atoms with E-state index in [0.29, 0.717) is 6.61 Å². The summed E-state index contributed by atoms with van der Waals surface area (Å²) in [4.78, 5) is 0. The second-order valence-corrected chi connectivity index (χ2v) is 3.59. The van der Waals surface area contributed by atoms with Gasteiger partial charge in [-0.1, -0.05) is 35.3 Å². The van der Waals surface area contributed by atoms with E-state index in [1.54, 1.807) is 19.2 Å². The van der Waals surface area contributed by atoms with Gasteiger partial charge in [0.05, 0.1) is 6.61 Å². The normalized spacial score (nSPS) is 11.9. The Morgan fingerprint density at radius 2 is 1.79 bits per heavy atom. The van der Waals surface area contributed by atoms with Crippen LogP contribution in [-0.4, -0.2) is 15.9 Å². The van der Waals surface area contributed by atoms with Gasteiger partial charge < -0.3 is 9.29 Å². The molecule has 0 heterocycles. The summed E-state index contributed by atoms with van der Waals surface area (Å²) in [6, 6.07) is 7.33. The third kappa shape index (κ3) is 5.24. The zero-order valence-electron chi connectivity index (χ0n) is 8.36. The number of methoxy groups -OCH3 is 1. The SMILES string of the molecule is COCc1ccc(CS(=O)[O-])cc1.[Na+]. The van der Waals surface area contributed by atoms with Gasteiger partial charge in [-0.2, -0.15) is 0 Å². The molecule has 72 valence electrons. The van der Waals surface area contributed by atoms with Crippen LogP contribution in [0.1, 0.15) is 11.1 Å². The molecule has 0 aliphatic heterocycles. The van der Waals surface area contributed by atoms with E-state index in [1.165, 1.54) is 0 Å². The van der Waals surface area contributed by atoms with Crippen molar-refractivity contribution in [1.29, 1.82) is 0 Å². The fourth-order valence-corrected chi connectivity index (χ4v) is 1.50. The van der Waals surface area contributed by atoms with Gasteiger partial charge in [0.2, 0.25) is 0 Å². The van der Waals surface area contributed by atoms with Crippen molar-refractivity contribution in [2.45, 2.75) is 12.4 Å². The first-order valence-corrected chi connectivity index (χ1v) is 5.09. The van der Waals surface area contributed by atoms with Crippen molar-refractivity contribution in [2.24, 2.45) is 0 Å². The minimum atomic E-state index is -2.01. The average Bonchev–Trinajstić information content (AvgIpc) is 2.08. The van der Waals surface area contributed by atoms with Gasteiger partial charge in [-0.15, -0.1) is 0 Å². The predicted octanol–water partition coefficient (Wildman–Crippen LogP) is -1.78. The molecule has 0 radical (unpaired) electrons. The topological polar surface area (TPSA) is 49.4 Å². The minimum absolute atomic E-state index is 0. The molecule has 1 aromatic rings. The maximum Gasteiger partial charge on any atom is 1.00 e. The molecular formula is C9H11NaO3S. The van der Waals surface area contributed by atoms with Gasteiger partial charge in [0.15, 0.2) is 0 Å². The van der Waals surface area contributed by atoms with Gasteiger partial charge in [-0.3, -0.25) is 4.21 Å². The number of hydrogen-bond donors (Lipinski definition) is 0. The van der Waals surface area contributed by atoms with Gasteiger partial charge in [-0.05, 0) is 11.1 Å². The Bertz CT molecular complexity index is 287. The van der Waals surface area contributed by atoms with Crippen LogP contribution < -0.4 is 29.6 Å². The van der Waals surface area contributed by atoms with Crippen molar-refractivity contribution >= 4 is 11.1 Å². The van der Waals surface area contributed by atoms with E-state index in [4.69, 9.17) is 4.74 Å². The summed E-state index contributed by atoms with van der Waals surface area (Å²) in [7, 11) is 1.63. The zero-order chi connectivity index (χ0) is 9.68. The monoisotopic (exact) mass is 222 g/mol. The van der Waals surface area contributed by atoms with Crippen LogP contribution in [0.5, 0.6) is 0 Å². The molecule has 0 bridgehead atoms. The molecule has 1 rings (SSSR count). The quantitative estimate of drug-likeness (QED) is 0.447. The van der Waals surface area contributed by atoms with Gasteiger partial charge in [0.25, 0.3) is 0 Å². The molecule has 0 amide bonds. The summed E-state index contributed by atoms with van der Waals surface area (Å²) < 4.78 is 25.6. The largest absolute Gasteiger partial charge is 1.00 e. The van der Waals surface area contributed by atoms with Crippen molar-refractivity contribution in [3.63, 3.8) is 0 Å². The van der Waals surface area contributed by atoms with Crippen molar-refractivity contribution in [2.75, 3.05) is 7.11 Å². The first kappa shape index (κ1) is 14.3. The van der Waals surface area contributed by atoms with Crippen LogP contribution in [0.4, 0.5) is 0 Å². The molecule has 0 aromatic heterocycles. The second-order valence-electron chi connectivity index (χ2n) is 2.70. The van der Waals surface area contributed by atoms with E-state index < -0.39 is 11.1 Å². The third-order valence-electron chi connectivity index (χ3n) is 1.62. The van der Waals surface area contributed by atoms with Gasteiger partial charge in [0, 0.05) is 12.9 Å². The summed E-state index contributed by atoms with van der Waals surface area (Å²) in [5.41, 5.74) is 1.84. The number of ether oxygens (including phenoxy) is 1. The molecule has 0 N–H and O–H groups in total. The van der Waals surface area contributed by atoms with E-state index in [9.17, 15) is 8.76 Å². The van der Waals surface area contributed by atoms with Crippen LogP contribution >= 0.6 is 0 Å². The van der Waals surface area contributed by atoms with E-state index in [0.717, 1.165) is 11.1 Å². The molecular weight excluding hydrogens is 211 g/mol. The molecule has 0 aliphatic carbocycles. The van der Waals surface area contributed by atoms with Gasteiger partial charge in [-0.25, -0.2) is 0 Å². The van der Waals surface area contributed by atoms with Crippen molar-refractivity contribution in [3.8, 4) is 0 Å². The Balaban J connectivity index is 0.00000169. The van der Waals surface area contributed by atoms with Crippen molar-refractivity contribution in [3.05, 3.63) is 35.4 Å². The van der Waals surface area contributed by atoms with E-state index in [1.807, 2.05) is 12.1 Å². The molecule has 0 spiro atoms. The molecule has 0 saturated carbocycles. The minimum Gasteiger partial charge on any atom is -0.772 e. The molecule has 0 aliphatic rings. The van der Waals surface area contributed by atoms with E-state index in [-0.39, 0.29) is 35.3 Å². The Morgan fingerprint density at radius 3 is 2.21 bits per heavy atom. The number of benzene rings is 1. The summed E-state index contributed by atoms with van der Waals surface area (Å²) >= 11 is -2.01. The van der Waals surface area contributed by atoms with Crippen LogP contribution in [0.2, 0.25) is 0 Å². The fourth-order valence-electron chi connectivity index (χ4n) is 1.03. The standard InChI is InChI=1S/C9H12O3S.Na/c1-12-6-8-2-4-9(5-3-8)7-13(10)11;/h2-5H,6-7H2,1H3,(H,10,11);/q;+1/p-1. The molecule has 0 fully saturated rings. The summed E-state index contributed by atoms with van der Waals surface area (Å²) in [6.45, 7) is 0.556. The van der Waals surface area contributed by atoms with Crippen molar-refractivity contribution < 1.29 is 43.1 Å². The molecule has 3 nitrogen and oxygen atoms in total. The Labute approximate surface area is 108 Å². The van der Waals surface area contributed by atoms with E-state index >= 15 is 0 Å². The smallest absolute Gasteiger partial charge is 0.772 e. The predicted molar refractivity (Wildman–Crippen MR) is 49.8 cm³/mol. The molecule has 1 aromatic carbocycles. The molecule has 1 atom stereocenters.